The van der Waals surface area contributed by atoms with Crippen molar-refractivity contribution in [2.45, 2.75) is 12.8 Å². The van der Waals surface area contributed by atoms with Crippen LogP contribution in [0.25, 0.3) is 16.5 Å². The number of para-hydroxylation sites is 1. The molecule has 1 aliphatic rings. The maximum atomic E-state index is 13.1. The van der Waals surface area contributed by atoms with Gasteiger partial charge in [-0.3, -0.25) is 9.59 Å². The van der Waals surface area contributed by atoms with Crippen molar-refractivity contribution < 1.29 is 9.59 Å². The molecule has 4 aromatic rings. The second-order valence-electron chi connectivity index (χ2n) is 7.44. The van der Waals surface area contributed by atoms with E-state index in [0.29, 0.717) is 17.1 Å². The van der Waals surface area contributed by atoms with E-state index in [1.54, 1.807) is 23.0 Å². The highest BCUT2D eigenvalue weighted by Gasteiger charge is 2.30. The van der Waals surface area contributed by atoms with Crippen LogP contribution < -0.4 is 10.6 Å². The first-order valence-corrected chi connectivity index (χ1v) is 9.93. The van der Waals surface area contributed by atoms with E-state index >= 15 is 0 Å². The first kappa shape index (κ1) is 18.1. The van der Waals surface area contributed by atoms with Crippen molar-refractivity contribution in [3.05, 3.63) is 84.6 Å². The number of fused-ring (bicyclic) bond motifs is 1. The lowest BCUT2D eigenvalue weighted by atomic mass is 10.0. The Hall–Kier alpha value is -3.93. The van der Waals surface area contributed by atoms with E-state index in [9.17, 15) is 9.59 Å². The number of hydrogen-bond acceptors (Lipinski definition) is 3. The van der Waals surface area contributed by atoms with Gasteiger partial charge in [0, 0.05) is 18.2 Å². The molecule has 2 N–H and O–H groups in total. The zero-order chi connectivity index (χ0) is 20.5. The molecule has 148 valence electrons. The molecule has 1 saturated carbocycles. The summed E-state index contributed by atoms with van der Waals surface area (Å²) in [6.45, 7) is 0. The Morgan fingerprint density at radius 3 is 2.30 bits per heavy atom. The number of nitrogens with one attached hydrogen (secondary N) is 2. The summed E-state index contributed by atoms with van der Waals surface area (Å²) in [4.78, 5) is 25.4. The van der Waals surface area contributed by atoms with Crippen LogP contribution in [0.1, 0.15) is 23.2 Å². The van der Waals surface area contributed by atoms with E-state index in [-0.39, 0.29) is 17.7 Å². The predicted molar refractivity (Wildman–Crippen MR) is 117 cm³/mol. The monoisotopic (exact) mass is 396 g/mol. The van der Waals surface area contributed by atoms with Gasteiger partial charge in [0.2, 0.25) is 5.91 Å². The van der Waals surface area contributed by atoms with Gasteiger partial charge < -0.3 is 10.6 Å². The van der Waals surface area contributed by atoms with Crippen molar-refractivity contribution in [3.8, 4) is 5.69 Å². The van der Waals surface area contributed by atoms with Crippen LogP contribution in [0.15, 0.2) is 79.0 Å². The average Bonchev–Trinajstić information content (AvgIpc) is 3.53. The molecule has 2 amide bonds. The number of carbonyl (C=O) groups is 2. The number of aromatic nitrogens is 2. The van der Waals surface area contributed by atoms with Crippen LogP contribution in [-0.4, -0.2) is 21.6 Å². The molecule has 0 radical (unpaired) electrons. The number of hydrogen-bond donors (Lipinski definition) is 2. The fraction of sp³-hybridized carbons (Fsp3) is 0.125. The highest BCUT2D eigenvalue weighted by molar-refractivity contribution is 6.12. The van der Waals surface area contributed by atoms with Gasteiger partial charge in [0.05, 0.1) is 16.9 Å². The number of rotatable bonds is 5. The highest BCUT2D eigenvalue weighted by atomic mass is 16.2. The summed E-state index contributed by atoms with van der Waals surface area (Å²) >= 11 is 0. The zero-order valence-corrected chi connectivity index (χ0v) is 16.2. The number of nitrogens with zero attached hydrogens (tertiary/aromatic N) is 2. The molecule has 0 spiro atoms. The molecule has 0 aliphatic heterocycles. The second kappa shape index (κ2) is 7.48. The molecule has 1 aliphatic carbocycles. The van der Waals surface area contributed by atoms with Gasteiger partial charge in [-0.05, 0) is 47.9 Å². The van der Waals surface area contributed by atoms with E-state index in [0.717, 1.165) is 29.3 Å². The van der Waals surface area contributed by atoms with Crippen LogP contribution in [0.2, 0.25) is 0 Å². The number of benzene rings is 3. The average molecular weight is 396 g/mol. The minimum absolute atomic E-state index is 0.0345. The van der Waals surface area contributed by atoms with E-state index in [2.05, 4.69) is 15.7 Å². The molecule has 0 bridgehead atoms. The quantitative estimate of drug-likeness (QED) is 0.517. The van der Waals surface area contributed by atoms with Crippen molar-refractivity contribution in [1.82, 2.24) is 9.78 Å². The number of anilines is 2. The third-order valence-electron chi connectivity index (χ3n) is 5.19. The zero-order valence-electron chi connectivity index (χ0n) is 16.2. The van der Waals surface area contributed by atoms with Gasteiger partial charge >= 0.3 is 0 Å². The molecule has 1 aromatic heterocycles. The summed E-state index contributed by atoms with van der Waals surface area (Å²) in [7, 11) is 0. The first-order chi connectivity index (χ1) is 14.7. The Balaban J connectivity index is 1.44. The van der Waals surface area contributed by atoms with Crippen molar-refractivity contribution >= 4 is 34.1 Å². The third-order valence-corrected chi connectivity index (χ3v) is 5.19. The Morgan fingerprint density at radius 1 is 0.867 bits per heavy atom. The van der Waals surface area contributed by atoms with Crippen LogP contribution in [0.4, 0.5) is 11.5 Å². The van der Waals surface area contributed by atoms with Crippen molar-refractivity contribution in [2.24, 2.45) is 5.92 Å². The van der Waals surface area contributed by atoms with E-state index < -0.39 is 0 Å². The molecule has 1 heterocycles. The largest absolute Gasteiger partial charge is 0.325 e. The minimum atomic E-state index is -0.315. The van der Waals surface area contributed by atoms with Crippen molar-refractivity contribution in [2.75, 3.05) is 10.6 Å². The topological polar surface area (TPSA) is 76.0 Å². The molecule has 0 saturated heterocycles. The fourth-order valence-corrected chi connectivity index (χ4v) is 3.41. The van der Waals surface area contributed by atoms with Crippen LogP contribution in [0.5, 0.6) is 0 Å². The standard InChI is InChI=1S/C24H20N4O2/c29-23(16-10-11-16)25-21-15-18-7-5-4-6-17(18)14-20(21)24(30)26-22-12-13-28(27-22)19-8-2-1-3-9-19/h1-9,12-16H,10-11H2,(H,25,29)(H,26,27,30). The lowest BCUT2D eigenvalue weighted by molar-refractivity contribution is -0.117. The fourth-order valence-electron chi connectivity index (χ4n) is 3.41. The molecular formula is C24H20N4O2. The summed E-state index contributed by atoms with van der Waals surface area (Å²) in [5.41, 5.74) is 1.84. The highest BCUT2D eigenvalue weighted by Crippen LogP contribution is 2.32. The Kier molecular flexibility index (Phi) is 4.52. The molecule has 1 fully saturated rings. The molecule has 0 unspecified atom stereocenters. The van der Waals surface area contributed by atoms with Gasteiger partial charge in [-0.15, -0.1) is 0 Å². The summed E-state index contributed by atoms with van der Waals surface area (Å²) in [6, 6.07) is 22.8. The van der Waals surface area contributed by atoms with Gasteiger partial charge in [-0.2, -0.15) is 5.10 Å². The molecule has 30 heavy (non-hydrogen) atoms. The molecule has 5 rings (SSSR count). The maximum absolute atomic E-state index is 13.1. The maximum Gasteiger partial charge on any atom is 0.258 e. The molecule has 3 aromatic carbocycles. The van der Waals surface area contributed by atoms with Gasteiger partial charge in [-0.1, -0.05) is 42.5 Å². The van der Waals surface area contributed by atoms with Crippen LogP contribution in [0.3, 0.4) is 0 Å². The van der Waals surface area contributed by atoms with Gasteiger partial charge in [0.15, 0.2) is 5.82 Å². The van der Waals surface area contributed by atoms with Gasteiger partial charge in [0.25, 0.3) is 5.91 Å². The lowest BCUT2D eigenvalue weighted by Gasteiger charge is -2.12. The first-order valence-electron chi connectivity index (χ1n) is 9.93. The Labute approximate surface area is 173 Å². The van der Waals surface area contributed by atoms with Crippen LogP contribution in [-0.2, 0) is 4.79 Å². The smallest absolute Gasteiger partial charge is 0.258 e. The second-order valence-corrected chi connectivity index (χ2v) is 7.44. The van der Waals surface area contributed by atoms with E-state index in [4.69, 9.17) is 0 Å². The molecule has 6 heteroatoms. The predicted octanol–water partition coefficient (Wildman–Crippen LogP) is 4.63. The normalized spacial score (nSPS) is 13.2. The third kappa shape index (κ3) is 3.67. The van der Waals surface area contributed by atoms with Crippen molar-refractivity contribution in [3.63, 3.8) is 0 Å². The van der Waals surface area contributed by atoms with E-state index in [1.807, 2.05) is 60.7 Å². The van der Waals surface area contributed by atoms with E-state index in [1.165, 1.54) is 0 Å². The van der Waals surface area contributed by atoms with Crippen molar-refractivity contribution in [1.29, 1.82) is 0 Å². The summed E-state index contributed by atoms with van der Waals surface area (Å²) in [6.07, 6.45) is 3.59. The minimum Gasteiger partial charge on any atom is -0.325 e. The summed E-state index contributed by atoms with van der Waals surface area (Å²) < 4.78 is 1.70. The SMILES string of the molecule is O=C(Nc1ccn(-c2ccccc2)n1)c1cc2ccccc2cc1NC(=O)C1CC1. The molecule has 6 nitrogen and oxygen atoms in total. The summed E-state index contributed by atoms with van der Waals surface area (Å²) in [5, 5.41) is 12.1. The van der Waals surface area contributed by atoms with Crippen LogP contribution >= 0.6 is 0 Å². The van der Waals surface area contributed by atoms with Gasteiger partial charge in [0.1, 0.15) is 0 Å². The van der Waals surface area contributed by atoms with Crippen LogP contribution in [0, 0.1) is 5.92 Å². The number of carbonyl (C=O) groups excluding carboxylic acids is 2. The lowest BCUT2D eigenvalue weighted by Crippen LogP contribution is -2.19. The van der Waals surface area contributed by atoms with Gasteiger partial charge in [-0.25, -0.2) is 4.68 Å². The molecule has 0 atom stereocenters. The Bertz CT molecular complexity index is 1240. The summed E-state index contributed by atoms with van der Waals surface area (Å²) in [5.74, 6) is 0.142. The number of amides is 2. The Morgan fingerprint density at radius 2 is 1.57 bits per heavy atom. The molecular weight excluding hydrogens is 376 g/mol.